The molecule has 2 heterocycles. The van der Waals surface area contributed by atoms with Gasteiger partial charge in [0, 0.05) is 13.1 Å². The second-order valence-corrected chi connectivity index (χ2v) is 4.17. The third kappa shape index (κ3) is 2.27. The van der Waals surface area contributed by atoms with Crippen LogP contribution in [0.25, 0.3) is 0 Å². The molecule has 0 spiro atoms. The minimum absolute atomic E-state index is 0.0336. The molecule has 2 fully saturated rings. The molecule has 0 aromatic carbocycles. The minimum Gasteiger partial charge on any atom is -0.480 e. The predicted molar refractivity (Wildman–Crippen MR) is 55.2 cm³/mol. The van der Waals surface area contributed by atoms with Crippen LogP contribution in [0.15, 0.2) is 0 Å². The van der Waals surface area contributed by atoms with Gasteiger partial charge in [-0.3, -0.25) is 4.90 Å². The fourth-order valence-corrected chi connectivity index (χ4v) is 2.16. The van der Waals surface area contributed by atoms with E-state index in [4.69, 9.17) is 9.84 Å². The number of carboxylic acid groups (broad SMARTS) is 1. The van der Waals surface area contributed by atoms with E-state index in [1.807, 2.05) is 0 Å². The maximum atomic E-state index is 11.3. The van der Waals surface area contributed by atoms with Gasteiger partial charge in [-0.2, -0.15) is 0 Å². The average Bonchev–Trinajstić information content (AvgIpc) is 2.84. The van der Waals surface area contributed by atoms with Gasteiger partial charge in [0.2, 0.25) is 0 Å². The molecule has 0 aromatic heterocycles. The quantitative estimate of drug-likeness (QED) is 0.732. The van der Waals surface area contributed by atoms with Gasteiger partial charge in [-0.15, -0.1) is 0 Å². The van der Waals surface area contributed by atoms with E-state index in [9.17, 15) is 9.59 Å². The molecule has 0 radical (unpaired) electrons. The van der Waals surface area contributed by atoms with E-state index in [0.29, 0.717) is 6.54 Å². The zero-order valence-corrected chi connectivity index (χ0v) is 9.09. The van der Waals surface area contributed by atoms with Crippen LogP contribution in [0, 0.1) is 0 Å². The van der Waals surface area contributed by atoms with E-state index in [2.05, 4.69) is 4.90 Å². The van der Waals surface area contributed by atoms with E-state index in [0.717, 1.165) is 19.6 Å². The standard InChI is InChI=1S/C10H16N2O4/c13-9(14)8-7-16-10(15)12(8)6-5-11-3-1-2-4-11/h8H,1-7H2,(H,13,14). The normalized spacial score (nSPS) is 26.1. The number of rotatable bonds is 4. The van der Waals surface area contributed by atoms with Gasteiger partial charge in [0.05, 0.1) is 0 Å². The highest BCUT2D eigenvalue weighted by atomic mass is 16.6. The molecule has 0 aromatic rings. The third-order valence-electron chi connectivity index (χ3n) is 3.12. The average molecular weight is 228 g/mol. The monoisotopic (exact) mass is 228 g/mol. The molecule has 1 amide bonds. The lowest BCUT2D eigenvalue weighted by molar-refractivity contribution is -0.141. The van der Waals surface area contributed by atoms with Crippen molar-refractivity contribution in [3.63, 3.8) is 0 Å². The smallest absolute Gasteiger partial charge is 0.410 e. The SMILES string of the molecule is O=C(O)C1COC(=O)N1CCN1CCCC1. The van der Waals surface area contributed by atoms with Crippen molar-refractivity contribution in [1.82, 2.24) is 9.80 Å². The lowest BCUT2D eigenvalue weighted by Crippen LogP contribution is -2.43. The molecular formula is C10H16N2O4. The van der Waals surface area contributed by atoms with Crippen LogP contribution in [0.1, 0.15) is 12.8 Å². The van der Waals surface area contributed by atoms with Gasteiger partial charge < -0.3 is 14.7 Å². The summed E-state index contributed by atoms with van der Waals surface area (Å²) in [6.45, 7) is 3.23. The van der Waals surface area contributed by atoms with Crippen molar-refractivity contribution >= 4 is 12.1 Å². The van der Waals surface area contributed by atoms with Gasteiger partial charge in [0.25, 0.3) is 0 Å². The van der Waals surface area contributed by atoms with E-state index in [1.54, 1.807) is 0 Å². The molecule has 1 unspecified atom stereocenters. The second-order valence-electron chi connectivity index (χ2n) is 4.17. The van der Waals surface area contributed by atoms with Gasteiger partial charge >= 0.3 is 12.1 Å². The zero-order valence-electron chi connectivity index (χ0n) is 9.09. The number of carbonyl (C=O) groups excluding carboxylic acids is 1. The van der Waals surface area contributed by atoms with E-state index in [1.165, 1.54) is 17.7 Å². The highest BCUT2D eigenvalue weighted by Gasteiger charge is 2.37. The molecule has 2 rings (SSSR count). The number of hydrogen-bond acceptors (Lipinski definition) is 4. The Kier molecular flexibility index (Phi) is 3.28. The molecule has 0 saturated carbocycles. The number of ether oxygens (including phenoxy) is 1. The fourth-order valence-electron chi connectivity index (χ4n) is 2.16. The highest BCUT2D eigenvalue weighted by molar-refractivity contribution is 5.82. The summed E-state index contributed by atoms with van der Waals surface area (Å²) in [5.74, 6) is -0.993. The number of carbonyl (C=O) groups is 2. The van der Waals surface area contributed by atoms with Crippen LogP contribution in [0.4, 0.5) is 4.79 Å². The summed E-state index contributed by atoms with van der Waals surface area (Å²) < 4.78 is 4.74. The first-order valence-electron chi connectivity index (χ1n) is 5.57. The number of likely N-dealkylation sites (tertiary alicyclic amines) is 1. The van der Waals surface area contributed by atoms with Gasteiger partial charge in [0.1, 0.15) is 6.61 Å². The molecule has 2 saturated heterocycles. The first-order chi connectivity index (χ1) is 7.68. The topological polar surface area (TPSA) is 70.1 Å². The molecule has 16 heavy (non-hydrogen) atoms. The Balaban J connectivity index is 1.85. The maximum Gasteiger partial charge on any atom is 0.410 e. The van der Waals surface area contributed by atoms with Crippen LogP contribution in [0.5, 0.6) is 0 Å². The number of aliphatic carboxylic acids is 1. The number of amides is 1. The molecule has 1 N–H and O–H groups in total. The van der Waals surface area contributed by atoms with Gasteiger partial charge in [-0.25, -0.2) is 9.59 Å². The third-order valence-corrected chi connectivity index (χ3v) is 3.12. The van der Waals surface area contributed by atoms with Crippen LogP contribution in [0.3, 0.4) is 0 Å². The summed E-state index contributed by atoms with van der Waals surface area (Å²) in [5, 5.41) is 8.91. The van der Waals surface area contributed by atoms with Gasteiger partial charge in [0.15, 0.2) is 6.04 Å². The molecular weight excluding hydrogens is 212 g/mol. The summed E-state index contributed by atoms with van der Waals surface area (Å²) in [6.07, 6.45) is 1.87. The van der Waals surface area contributed by atoms with Crippen LogP contribution in [0.2, 0.25) is 0 Å². The number of nitrogens with zero attached hydrogens (tertiary/aromatic N) is 2. The van der Waals surface area contributed by atoms with Crippen molar-refractivity contribution in [3.05, 3.63) is 0 Å². The summed E-state index contributed by atoms with van der Waals surface area (Å²) in [7, 11) is 0. The number of carboxylic acids is 1. The van der Waals surface area contributed by atoms with Crippen molar-refractivity contribution in [2.45, 2.75) is 18.9 Å². The Hall–Kier alpha value is -1.30. The molecule has 2 aliphatic heterocycles. The van der Waals surface area contributed by atoms with E-state index >= 15 is 0 Å². The Morgan fingerprint density at radius 1 is 1.38 bits per heavy atom. The predicted octanol–water partition coefficient (Wildman–Crippen LogP) is -0.0124. The van der Waals surface area contributed by atoms with Crippen molar-refractivity contribution in [2.24, 2.45) is 0 Å². The van der Waals surface area contributed by atoms with Crippen molar-refractivity contribution in [2.75, 3.05) is 32.8 Å². The van der Waals surface area contributed by atoms with Crippen molar-refractivity contribution in [3.8, 4) is 0 Å². The highest BCUT2D eigenvalue weighted by Crippen LogP contribution is 2.13. The summed E-state index contributed by atoms with van der Waals surface area (Å²) >= 11 is 0. The Morgan fingerprint density at radius 3 is 2.69 bits per heavy atom. The molecule has 1 atom stereocenters. The second kappa shape index (κ2) is 4.69. The summed E-state index contributed by atoms with van der Waals surface area (Å²) in [5.41, 5.74) is 0. The first-order valence-corrected chi connectivity index (χ1v) is 5.57. The molecule has 0 aliphatic carbocycles. The Morgan fingerprint density at radius 2 is 2.06 bits per heavy atom. The number of cyclic esters (lactones) is 1. The fraction of sp³-hybridized carbons (Fsp3) is 0.800. The van der Waals surface area contributed by atoms with Crippen LogP contribution >= 0.6 is 0 Å². The first kappa shape index (κ1) is 11.2. The Labute approximate surface area is 93.8 Å². The number of hydrogen-bond donors (Lipinski definition) is 1. The molecule has 6 heteroatoms. The zero-order chi connectivity index (χ0) is 11.5. The van der Waals surface area contributed by atoms with Crippen molar-refractivity contribution < 1.29 is 19.4 Å². The molecule has 6 nitrogen and oxygen atoms in total. The lowest BCUT2D eigenvalue weighted by atomic mass is 10.3. The lowest BCUT2D eigenvalue weighted by Gasteiger charge is -2.21. The summed E-state index contributed by atoms with van der Waals surface area (Å²) in [6, 6.07) is -0.810. The maximum absolute atomic E-state index is 11.3. The minimum atomic E-state index is -0.993. The van der Waals surface area contributed by atoms with Crippen LogP contribution in [-0.4, -0.2) is 65.8 Å². The van der Waals surface area contributed by atoms with Crippen LogP contribution in [-0.2, 0) is 9.53 Å². The summed E-state index contributed by atoms with van der Waals surface area (Å²) in [4.78, 5) is 25.7. The van der Waals surface area contributed by atoms with E-state index < -0.39 is 18.1 Å². The van der Waals surface area contributed by atoms with E-state index in [-0.39, 0.29) is 6.61 Å². The molecule has 2 aliphatic rings. The molecule has 0 bridgehead atoms. The van der Waals surface area contributed by atoms with Crippen molar-refractivity contribution in [1.29, 1.82) is 0 Å². The van der Waals surface area contributed by atoms with Gasteiger partial charge in [-0.05, 0) is 25.9 Å². The van der Waals surface area contributed by atoms with Crippen LogP contribution < -0.4 is 0 Å². The van der Waals surface area contributed by atoms with Gasteiger partial charge in [-0.1, -0.05) is 0 Å². The molecule has 90 valence electrons. The Bertz CT molecular complexity index is 289. The largest absolute Gasteiger partial charge is 0.480 e.